The number of amidine groups is 1. The Hall–Kier alpha value is -2.90. The van der Waals surface area contributed by atoms with Crippen LogP contribution < -0.4 is 15.8 Å². The first kappa shape index (κ1) is 21.3. The van der Waals surface area contributed by atoms with Crippen LogP contribution in [0.2, 0.25) is 0 Å². The SMILES string of the molecule is N=C(N)c1ccc2sc(CCc3ccc(O[C@H]4CCNC4)cc3CCC(=O)O)cc2c1. The van der Waals surface area contributed by atoms with Crippen LogP contribution in [0.1, 0.15) is 34.4 Å². The fraction of sp³-hybridized carbons (Fsp3) is 0.333. The molecule has 1 fully saturated rings. The van der Waals surface area contributed by atoms with Gasteiger partial charge in [0.1, 0.15) is 17.7 Å². The van der Waals surface area contributed by atoms with Crippen molar-refractivity contribution in [1.29, 1.82) is 5.41 Å². The van der Waals surface area contributed by atoms with Gasteiger partial charge < -0.3 is 20.9 Å². The number of nitrogens with one attached hydrogen (secondary N) is 2. The van der Waals surface area contributed by atoms with E-state index in [1.165, 1.54) is 15.1 Å². The molecule has 0 amide bonds. The van der Waals surface area contributed by atoms with Crippen molar-refractivity contribution < 1.29 is 14.6 Å². The molecule has 1 aliphatic heterocycles. The van der Waals surface area contributed by atoms with Gasteiger partial charge >= 0.3 is 5.97 Å². The fourth-order valence-corrected chi connectivity index (χ4v) is 5.01. The quantitative estimate of drug-likeness (QED) is 0.301. The molecule has 4 rings (SSSR count). The number of carboxylic acids is 1. The van der Waals surface area contributed by atoms with Crippen molar-refractivity contribution in [1.82, 2.24) is 5.32 Å². The molecule has 0 bridgehead atoms. The van der Waals surface area contributed by atoms with E-state index < -0.39 is 5.97 Å². The highest BCUT2D eigenvalue weighted by molar-refractivity contribution is 7.19. The zero-order valence-electron chi connectivity index (χ0n) is 17.3. The zero-order valence-corrected chi connectivity index (χ0v) is 18.1. The average Bonchev–Trinajstić information content (AvgIpc) is 3.40. The number of fused-ring (bicyclic) bond motifs is 1. The molecule has 2 heterocycles. The second-order valence-electron chi connectivity index (χ2n) is 7.94. The molecule has 7 heteroatoms. The monoisotopic (exact) mass is 437 g/mol. The van der Waals surface area contributed by atoms with Gasteiger partial charge in [0.25, 0.3) is 0 Å². The minimum atomic E-state index is -0.789. The molecule has 31 heavy (non-hydrogen) atoms. The summed E-state index contributed by atoms with van der Waals surface area (Å²) in [7, 11) is 0. The number of thiophene rings is 1. The maximum atomic E-state index is 11.1. The van der Waals surface area contributed by atoms with Gasteiger partial charge in [-0.15, -0.1) is 11.3 Å². The normalized spacial score (nSPS) is 15.9. The number of hydrogen-bond donors (Lipinski definition) is 4. The van der Waals surface area contributed by atoms with Crippen molar-refractivity contribution in [3.05, 3.63) is 64.0 Å². The summed E-state index contributed by atoms with van der Waals surface area (Å²) in [5, 5.41) is 21.2. The van der Waals surface area contributed by atoms with E-state index in [9.17, 15) is 4.79 Å². The average molecular weight is 438 g/mol. The summed E-state index contributed by atoms with van der Waals surface area (Å²) in [5.41, 5.74) is 8.56. The number of carbonyl (C=O) groups is 1. The number of benzene rings is 2. The molecule has 0 radical (unpaired) electrons. The van der Waals surface area contributed by atoms with E-state index in [0.29, 0.717) is 6.42 Å². The van der Waals surface area contributed by atoms with E-state index in [2.05, 4.69) is 17.4 Å². The molecule has 1 aliphatic rings. The Morgan fingerprint density at radius 2 is 2.03 bits per heavy atom. The van der Waals surface area contributed by atoms with Crippen molar-refractivity contribution >= 4 is 33.2 Å². The Balaban J connectivity index is 1.49. The topological polar surface area (TPSA) is 108 Å². The van der Waals surface area contributed by atoms with Crippen LogP contribution in [0.4, 0.5) is 0 Å². The second-order valence-corrected chi connectivity index (χ2v) is 9.10. The molecule has 3 aromatic rings. The third-order valence-corrected chi connectivity index (χ3v) is 6.80. The first-order valence-electron chi connectivity index (χ1n) is 10.6. The lowest BCUT2D eigenvalue weighted by Gasteiger charge is -2.15. The van der Waals surface area contributed by atoms with Crippen LogP contribution >= 0.6 is 11.3 Å². The lowest BCUT2D eigenvalue weighted by atomic mass is 9.98. The van der Waals surface area contributed by atoms with Gasteiger partial charge in [-0.1, -0.05) is 6.07 Å². The van der Waals surface area contributed by atoms with Crippen molar-refractivity contribution in [2.24, 2.45) is 5.73 Å². The predicted octanol–water partition coefficient (Wildman–Crippen LogP) is 3.73. The number of aryl methyl sites for hydroxylation is 3. The lowest BCUT2D eigenvalue weighted by Crippen LogP contribution is -2.19. The van der Waals surface area contributed by atoms with E-state index in [1.54, 1.807) is 11.3 Å². The van der Waals surface area contributed by atoms with Gasteiger partial charge in [0.05, 0.1) is 0 Å². The summed E-state index contributed by atoms with van der Waals surface area (Å²) in [4.78, 5) is 12.4. The van der Waals surface area contributed by atoms with E-state index >= 15 is 0 Å². The molecule has 0 spiro atoms. The highest BCUT2D eigenvalue weighted by Gasteiger charge is 2.17. The highest BCUT2D eigenvalue weighted by Crippen LogP contribution is 2.29. The minimum absolute atomic E-state index is 0.0772. The van der Waals surface area contributed by atoms with E-state index in [-0.39, 0.29) is 18.4 Å². The summed E-state index contributed by atoms with van der Waals surface area (Å²) in [6.07, 6.45) is 3.49. The van der Waals surface area contributed by atoms with E-state index in [0.717, 1.165) is 54.6 Å². The number of rotatable bonds is 9. The summed E-state index contributed by atoms with van der Waals surface area (Å²) < 4.78 is 7.26. The molecule has 2 aromatic carbocycles. The van der Waals surface area contributed by atoms with Gasteiger partial charge in [-0.05, 0) is 85.1 Å². The number of hydrogen-bond acceptors (Lipinski definition) is 5. The van der Waals surface area contributed by atoms with Gasteiger partial charge in [-0.3, -0.25) is 10.2 Å². The van der Waals surface area contributed by atoms with E-state index in [4.69, 9.17) is 21.0 Å². The standard InChI is InChI=1S/C24H27N3O3S/c25-24(26)17-3-7-22-18(11-17)13-21(31-22)6-2-15-1-5-19(30-20-9-10-27-14-20)12-16(15)4-8-23(28)29/h1,3,5,7,11-13,20,27H,2,4,6,8-10,14H2,(H3,25,26)(H,28,29)/t20-/m0/s1. The fourth-order valence-electron chi connectivity index (χ4n) is 3.96. The van der Waals surface area contributed by atoms with Crippen LogP contribution in [-0.2, 0) is 24.1 Å². The van der Waals surface area contributed by atoms with Crippen LogP contribution in [0, 0.1) is 5.41 Å². The van der Waals surface area contributed by atoms with E-state index in [1.807, 2.05) is 30.3 Å². The van der Waals surface area contributed by atoms with Crippen LogP contribution in [0.15, 0.2) is 42.5 Å². The third-order valence-electron chi connectivity index (χ3n) is 5.62. The number of carboxylic acid groups (broad SMARTS) is 1. The summed E-state index contributed by atoms with van der Waals surface area (Å²) in [6.45, 7) is 1.82. The first-order chi connectivity index (χ1) is 15.0. The summed E-state index contributed by atoms with van der Waals surface area (Å²) in [6, 6.07) is 14.1. The lowest BCUT2D eigenvalue weighted by molar-refractivity contribution is -0.136. The molecule has 1 saturated heterocycles. The van der Waals surface area contributed by atoms with Crippen LogP contribution in [0.3, 0.4) is 0 Å². The Morgan fingerprint density at radius 1 is 1.16 bits per heavy atom. The number of nitrogen functional groups attached to an aromatic ring is 1. The van der Waals surface area contributed by atoms with Crippen LogP contribution in [0.25, 0.3) is 10.1 Å². The molecule has 6 nitrogen and oxygen atoms in total. The second kappa shape index (κ2) is 9.49. The first-order valence-corrected chi connectivity index (χ1v) is 11.4. The van der Waals surface area contributed by atoms with Crippen molar-refractivity contribution in [2.75, 3.05) is 13.1 Å². The van der Waals surface area contributed by atoms with Crippen molar-refractivity contribution in [3.63, 3.8) is 0 Å². The zero-order chi connectivity index (χ0) is 21.8. The molecular weight excluding hydrogens is 410 g/mol. The Morgan fingerprint density at radius 3 is 2.77 bits per heavy atom. The van der Waals surface area contributed by atoms with Crippen molar-refractivity contribution in [2.45, 2.75) is 38.2 Å². The Labute approximate surface area is 185 Å². The maximum Gasteiger partial charge on any atom is 0.303 e. The van der Waals surface area contributed by atoms with Gasteiger partial charge in [-0.2, -0.15) is 0 Å². The smallest absolute Gasteiger partial charge is 0.303 e. The van der Waals surface area contributed by atoms with Crippen molar-refractivity contribution in [3.8, 4) is 5.75 Å². The third kappa shape index (κ3) is 5.42. The minimum Gasteiger partial charge on any atom is -0.489 e. The molecule has 0 unspecified atom stereocenters. The largest absolute Gasteiger partial charge is 0.489 e. The number of ether oxygens (including phenoxy) is 1. The van der Waals surface area contributed by atoms with Gasteiger partial charge in [0.15, 0.2) is 0 Å². The number of aliphatic carboxylic acids is 1. The Bertz CT molecular complexity index is 1100. The molecule has 0 aliphatic carbocycles. The summed E-state index contributed by atoms with van der Waals surface area (Å²) >= 11 is 1.75. The van der Waals surface area contributed by atoms with Gasteiger partial charge in [0.2, 0.25) is 0 Å². The molecule has 5 N–H and O–H groups in total. The van der Waals surface area contributed by atoms with Gasteiger partial charge in [-0.25, -0.2) is 0 Å². The molecular formula is C24H27N3O3S. The molecule has 162 valence electrons. The molecule has 0 saturated carbocycles. The highest BCUT2D eigenvalue weighted by atomic mass is 32.1. The molecule has 1 atom stereocenters. The van der Waals surface area contributed by atoms with Gasteiger partial charge in [0, 0.05) is 28.1 Å². The Kier molecular flexibility index (Phi) is 6.53. The predicted molar refractivity (Wildman–Crippen MR) is 125 cm³/mol. The molecule has 1 aromatic heterocycles. The van der Waals surface area contributed by atoms with Crippen LogP contribution in [-0.4, -0.2) is 36.1 Å². The number of nitrogens with two attached hydrogens (primary N) is 1. The maximum absolute atomic E-state index is 11.1. The summed E-state index contributed by atoms with van der Waals surface area (Å²) in [5.74, 6) is 0.105. The van der Waals surface area contributed by atoms with Crippen LogP contribution in [0.5, 0.6) is 5.75 Å².